The number of aryl methyl sites for hydroxylation is 2. The molecule has 0 unspecified atom stereocenters. The topological polar surface area (TPSA) is 47.7 Å². The van der Waals surface area contributed by atoms with Gasteiger partial charge in [-0.1, -0.05) is 206 Å². The van der Waals surface area contributed by atoms with Crippen LogP contribution in [-0.2, 0) is 0 Å². The van der Waals surface area contributed by atoms with E-state index in [1.165, 1.54) is 72.3 Å². The lowest BCUT2D eigenvalue weighted by atomic mass is 9.85. The Bertz CT molecular complexity index is 2790. The van der Waals surface area contributed by atoms with E-state index in [4.69, 9.17) is 10.8 Å². The zero-order valence-electron chi connectivity index (χ0n) is 44.0. The molecule has 70 heavy (non-hydrogen) atoms. The molecular weight excluding hydrogens is 865 g/mol. The Morgan fingerprint density at radius 3 is 1.43 bits per heavy atom. The maximum absolute atomic E-state index is 8.32. The van der Waals surface area contributed by atoms with Gasteiger partial charge in [0.1, 0.15) is 0 Å². The molecule has 0 aliphatic carbocycles. The fourth-order valence-electron chi connectivity index (χ4n) is 6.78. The van der Waals surface area contributed by atoms with E-state index in [9.17, 15) is 0 Å². The molecule has 2 N–H and O–H groups in total. The van der Waals surface area contributed by atoms with E-state index in [-0.39, 0.29) is 5.71 Å². The van der Waals surface area contributed by atoms with Gasteiger partial charge in [-0.3, -0.25) is 0 Å². The van der Waals surface area contributed by atoms with Crippen LogP contribution >= 0.6 is 12.6 Å². The fraction of sp³-hybridized carbons (Fsp3) is 0.194. The van der Waals surface area contributed by atoms with Crippen LogP contribution in [0.1, 0.15) is 83.1 Å². The van der Waals surface area contributed by atoms with Crippen molar-refractivity contribution in [3.63, 3.8) is 0 Å². The lowest BCUT2D eigenvalue weighted by Crippen LogP contribution is -1.94. The van der Waals surface area contributed by atoms with Crippen molar-refractivity contribution >= 4 is 62.4 Å². The zero-order valence-corrected chi connectivity index (χ0v) is 44.9. The Morgan fingerprint density at radius 2 is 1.04 bits per heavy atom. The minimum absolute atomic E-state index is 0.288. The molecule has 7 rings (SSSR count). The van der Waals surface area contributed by atoms with Crippen molar-refractivity contribution in [1.29, 1.82) is 10.8 Å². The standard InChI is InChI=1S/C43H36N2.C8H10.C6H12.C4H8.C3H6.C2H4.CH4S/c1-5-30(24-25-44)41(45)23-14-29(4)34-21-17-32-18-22-35(27-36(32)26-34)43-39-12-8-6-10-37(39)42(38-11-7-9-13-40(38)43)33-19-15-31(16-20-33)28(2)3;1-7-5-3-4-6-8(7)2;1-5(2)6(3)4;1-3-4-2;1-3-2;2*1-2/h5-28,44-45H,1,4H2,2-3H3;3-6H,1-2H3;6H,1H2,2-4H3;3H,1,4H2,2H3;3H,1H2,2H3;1-2H2;2H,1H3/b23-14-,30-24+,44-25?,45-41?;;;;;;. The highest BCUT2D eigenvalue weighted by atomic mass is 32.1. The number of fused-ring (bicyclic) bond motifs is 3. The summed E-state index contributed by atoms with van der Waals surface area (Å²) in [6.07, 6.45) is 14.3. The Hall–Kier alpha value is -7.07. The van der Waals surface area contributed by atoms with Crippen LogP contribution in [0.15, 0.2) is 227 Å². The minimum atomic E-state index is 0.288. The summed E-state index contributed by atoms with van der Waals surface area (Å²) in [6.45, 7) is 43.6. The van der Waals surface area contributed by atoms with E-state index in [2.05, 4.69) is 241 Å². The third-order valence-corrected chi connectivity index (χ3v) is 11.2. The van der Waals surface area contributed by atoms with Crippen molar-refractivity contribution < 1.29 is 0 Å². The number of nitrogens with one attached hydrogen (secondary N) is 2. The molecule has 0 amide bonds. The molecule has 0 saturated heterocycles. The first-order valence-electron chi connectivity index (χ1n) is 23.8. The number of hydrogen-bond donors (Lipinski definition) is 3. The van der Waals surface area contributed by atoms with Gasteiger partial charge in [-0.25, -0.2) is 0 Å². The van der Waals surface area contributed by atoms with Crippen LogP contribution in [0.2, 0.25) is 0 Å². The van der Waals surface area contributed by atoms with Gasteiger partial charge in [-0.05, 0) is 159 Å². The summed E-state index contributed by atoms with van der Waals surface area (Å²) in [5, 5.41) is 22.9. The van der Waals surface area contributed by atoms with Gasteiger partial charge in [-0.15, -0.1) is 26.3 Å². The Kier molecular flexibility index (Phi) is 29.1. The highest BCUT2D eigenvalue weighted by molar-refractivity contribution is 7.79. The number of hydrogen-bond acceptors (Lipinski definition) is 3. The second-order valence-electron chi connectivity index (χ2n) is 16.9. The quantitative estimate of drug-likeness (QED) is 0.0381. The van der Waals surface area contributed by atoms with Gasteiger partial charge >= 0.3 is 0 Å². The Labute approximate surface area is 429 Å². The molecule has 0 aliphatic rings. The first-order chi connectivity index (χ1) is 33.7. The molecule has 0 bridgehead atoms. The lowest BCUT2D eigenvalue weighted by molar-refractivity contribution is 0.773. The molecule has 0 saturated carbocycles. The van der Waals surface area contributed by atoms with Gasteiger partial charge in [0.25, 0.3) is 0 Å². The molecule has 0 atom stereocenters. The second-order valence-corrected chi connectivity index (χ2v) is 16.9. The molecule has 3 heteroatoms. The van der Waals surface area contributed by atoms with Crippen molar-refractivity contribution in [2.45, 2.75) is 74.7 Å². The van der Waals surface area contributed by atoms with E-state index in [0.29, 0.717) is 17.4 Å². The summed E-state index contributed by atoms with van der Waals surface area (Å²) < 4.78 is 0. The molecule has 0 spiro atoms. The lowest BCUT2D eigenvalue weighted by Gasteiger charge is -2.18. The average molecular weight is 945 g/mol. The monoisotopic (exact) mass is 945 g/mol. The van der Waals surface area contributed by atoms with Crippen molar-refractivity contribution in [2.24, 2.45) is 5.92 Å². The van der Waals surface area contributed by atoms with Crippen LogP contribution in [0.3, 0.4) is 0 Å². The van der Waals surface area contributed by atoms with Crippen LogP contribution in [0.4, 0.5) is 0 Å². The number of allylic oxidation sites excluding steroid dienone is 9. The van der Waals surface area contributed by atoms with Crippen molar-refractivity contribution in [3.05, 3.63) is 249 Å². The molecule has 0 radical (unpaired) electrons. The molecule has 0 aromatic heterocycles. The maximum atomic E-state index is 8.32. The van der Waals surface area contributed by atoms with Gasteiger partial charge < -0.3 is 10.8 Å². The Morgan fingerprint density at radius 1 is 0.629 bits per heavy atom. The SMILES string of the molecule is C=C.C=C(C)C(C)C.C=C/C(=C\C=N)C(=N)/C=C\C(=C)c1ccc2ccc(-c3c4ccccc4c(-c4ccc(C(C)C)cc4)c4ccccc34)cc2c1.C=CC.C=CCC.CS.Cc1ccccc1C. The van der Waals surface area contributed by atoms with Crippen molar-refractivity contribution in [1.82, 2.24) is 0 Å². The maximum Gasteiger partial charge on any atom is 0.0612 e. The summed E-state index contributed by atoms with van der Waals surface area (Å²) in [4.78, 5) is 0. The van der Waals surface area contributed by atoms with Crippen LogP contribution in [0.5, 0.6) is 0 Å². The minimum Gasteiger partial charge on any atom is -0.309 e. The van der Waals surface area contributed by atoms with Crippen molar-refractivity contribution in [3.8, 4) is 22.3 Å². The summed E-state index contributed by atoms with van der Waals surface area (Å²) in [6, 6.07) is 48.0. The van der Waals surface area contributed by atoms with E-state index >= 15 is 0 Å². The molecule has 7 aromatic rings. The fourth-order valence-corrected chi connectivity index (χ4v) is 6.78. The first kappa shape index (κ1) is 60.9. The number of rotatable bonds is 11. The van der Waals surface area contributed by atoms with Gasteiger partial charge in [0.15, 0.2) is 0 Å². The molecule has 0 fully saturated rings. The average Bonchev–Trinajstić information content (AvgIpc) is 3.38. The normalized spacial score (nSPS) is 10.2. The summed E-state index contributed by atoms with van der Waals surface area (Å²) in [5.74, 6) is 1.15. The molecule has 0 aliphatic heterocycles. The number of thiol groups is 1. The largest absolute Gasteiger partial charge is 0.309 e. The smallest absolute Gasteiger partial charge is 0.0612 e. The number of benzene rings is 7. The third kappa shape index (κ3) is 18.4. The van der Waals surface area contributed by atoms with Crippen LogP contribution in [0, 0.1) is 30.6 Å². The predicted molar refractivity (Wildman–Crippen MR) is 325 cm³/mol. The molecule has 7 aromatic carbocycles. The first-order valence-corrected chi connectivity index (χ1v) is 24.7. The van der Waals surface area contributed by atoms with Crippen LogP contribution < -0.4 is 0 Å². The molecule has 364 valence electrons. The highest BCUT2D eigenvalue weighted by Crippen LogP contribution is 2.44. The van der Waals surface area contributed by atoms with E-state index in [1.807, 2.05) is 26.0 Å². The predicted octanol–water partition coefficient (Wildman–Crippen LogP) is 20.6. The van der Waals surface area contributed by atoms with Gasteiger partial charge in [0.2, 0.25) is 0 Å². The van der Waals surface area contributed by atoms with Gasteiger partial charge in [0.05, 0.1) is 5.71 Å². The van der Waals surface area contributed by atoms with E-state index in [1.54, 1.807) is 30.6 Å². The van der Waals surface area contributed by atoms with Crippen LogP contribution in [-0.4, -0.2) is 18.2 Å². The highest BCUT2D eigenvalue weighted by Gasteiger charge is 2.17. The second kappa shape index (κ2) is 33.4. The van der Waals surface area contributed by atoms with Gasteiger partial charge in [-0.2, -0.15) is 12.6 Å². The third-order valence-electron chi connectivity index (χ3n) is 11.2. The summed E-state index contributed by atoms with van der Waals surface area (Å²) in [7, 11) is 0. The van der Waals surface area contributed by atoms with Crippen LogP contribution in [0.25, 0.3) is 60.1 Å². The molecule has 2 nitrogen and oxygen atoms in total. The van der Waals surface area contributed by atoms with Crippen molar-refractivity contribution in [2.75, 3.05) is 6.26 Å². The molecule has 0 heterocycles. The molecular formula is C67H80N2S. The van der Waals surface area contributed by atoms with E-state index < -0.39 is 0 Å². The van der Waals surface area contributed by atoms with E-state index in [0.717, 1.165) is 28.3 Å². The summed E-state index contributed by atoms with van der Waals surface area (Å²) >= 11 is 3.53. The zero-order chi connectivity index (χ0) is 52.8. The summed E-state index contributed by atoms with van der Waals surface area (Å²) in [5.41, 5.74) is 12.9. The Balaban J connectivity index is 0.000000809. The van der Waals surface area contributed by atoms with Gasteiger partial charge in [0, 0.05) is 11.8 Å².